The largest absolute Gasteiger partial charge is 0.496 e. The van der Waals surface area contributed by atoms with Gasteiger partial charge in [0.25, 0.3) is 0 Å². The van der Waals surface area contributed by atoms with Gasteiger partial charge in [-0.15, -0.1) is 0 Å². The first kappa shape index (κ1) is 15.1. The van der Waals surface area contributed by atoms with Crippen LogP contribution in [0, 0.1) is 0 Å². The summed E-state index contributed by atoms with van der Waals surface area (Å²) in [6.45, 7) is 2.06. The van der Waals surface area contributed by atoms with Crippen molar-refractivity contribution < 1.29 is 9.84 Å². The first-order valence-electron chi connectivity index (χ1n) is 6.59. The highest BCUT2D eigenvalue weighted by molar-refractivity contribution is 9.10. The van der Waals surface area contributed by atoms with E-state index in [9.17, 15) is 5.11 Å². The summed E-state index contributed by atoms with van der Waals surface area (Å²) in [5.74, 6) is 0.703. The average Bonchev–Trinajstić information content (AvgIpc) is 2.74. The third kappa shape index (κ3) is 2.88. The predicted octanol–water partition coefficient (Wildman–Crippen LogP) is 3.03. The van der Waals surface area contributed by atoms with E-state index >= 15 is 0 Å². The van der Waals surface area contributed by atoms with Gasteiger partial charge in [0.05, 0.1) is 29.1 Å². The summed E-state index contributed by atoms with van der Waals surface area (Å²) in [4.78, 5) is 0. The Morgan fingerprint density at radius 3 is 2.70 bits per heavy atom. The van der Waals surface area contributed by atoms with Crippen molar-refractivity contribution in [1.29, 1.82) is 0 Å². The van der Waals surface area contributed by atoms with E-state index in [1.54, 1.807) is 7.11 Å². The lowest BCUT2D eigenvalue weighted by atomic mass is 10.0. The molecule has 0 saturated heterocycles. The van der Waals surface area contributed by atoms with Gasteiger partial charge in [0.2, 0.25) is 0 Å². The maximum absolute atomic E-state index is 10.5. The van der Waals surface area contributed by atoms with Crippen LogP contribution in [-0.4, -0.2) is 22.0 Å². The van der Waals surface area contributed by atoms with Crippen molar-refractivity contribution in [3.8, 4) is 5.75 Å². The summed E-state index contributed by atoms with van der Waals surface area (Å²) < 4.78 is 8.10. The average molecular weight is 339 g/mol. The first-order chi connectivity index (χ1) is 9.58. The fraction of sp³-hybridized carbons (Fsp3) is 0.400. The molecular weight excluding hydrogens is 320 g/mol. The van der Waals surface area contributed by atoms with Crippen LogP contribution < -0.4 is 4.74 Å². The summed E-state index contributed by atoms with van der Waals surface area (Å²) in [7, 11) is 3.51. The number of methoxy groups -OCH3 is 1. The van der Waals surface area contributed by atoms with Gasteiger partial charge >= 0.3 is 0 Å². The molecule has 4 nitrogen and oxygen atoms in total. The van der Waals surface area contributed by atoms with Crippen LogP contribution in [0.5, 0.6) is 5.75 Å². The number of nitrogens with zero attached hydrogens (tertiary/aromatic N) is 2. The summed E-state index contributed by atoms with van der Waals surface area (Å²) in [5.41, 5.74) is 2.79. The molecule has 1 atom stereocenters. The zero-order valence-corrected chi connectivity index (χ0v) is 13.5. The number of hydrogen-bond acceptors (Lipinski definition) is 3. The monoisotopic (exact) mass is 338 g/mol. The van der Waals surface area contributed by atoms with Gasteiger partial charge in [0.15, 0.2) is 0 Å². The zero-order valence-electron chi connectivity index (χ0n) is 11.9. The minimum atomic E-state index is -0.623. The molecule has 0 amide bonds. The number of aryl methyl sites for hydroxylation is 2. The predicted molar refractivity (Wildman–Crippen MR) is 81.9 cm³/mol. The van der Waals surface area contributed by atoms with E-state index in [2.05, 4.69) is 28.0 Å². The topological polar surface area (TPSA) is 47.3 Å². The number of hydrogen-bond donors (Lipinski definition) is 1. The van der Waals surface area contributed by atoms with Crippen molar-refractivity contribution in [2.45, 2.75) is 25.9 Å². The Bertz CT molecular complexity index is 596. The minimum Gasteiger partial charge on any atom is -0.496 e. The SMILES string of the molecule is CCc1nn(C)c(CC(O)c2ccccc2OC)c1Br. The van der Waals surface area contributed by atoms with E-state index in [0.29, 0.717) is 12.2 Å². The Labute approximate surface area is 127 Å². The molecule has 0 bridgehead atoms. The molecule has 0 fully saturated rings. The lowest BCUT2D eigenvalue weighted by molar-refractivity contribution is 0.171. The summed E-state index contributed by atoms with van der Waals surface area (Å²) in [6, 6.07) is 7.53. The molecule has 0 radical (unpaired) electrons. The highest BCUT2D eigenvalue weighted by atomic mass is 79.9. The van der Waals surface area contributed by atoms with E-state index in [1.807, 2.05) is 36.0 Å². The first-order valence-corrected chi connectivity index (χ1v) is 7.39. The number of ether oxygens (including phenoxy) is 1. The van der Waals surface area contributed by atoms with Crippen LogP contribution in [-0.2, 0) is 19.9 Å². The van der Waals surface area contributed by atoms with Gasteiger partial charge in [-0.2, -0.15) is 5.10 Å². The summed E-state index contributed by atoms with van der Waals surface area (Å²) in [5, 5.41) is 14.9. The van der Waals surface area contributed by atoms with Gasteiger partial charge in [-0.25, -0.2) is 0 Å². The van der Waals surface area contributed by atoms with Crippen LogP contribution in [0.4, 0.5) is 0 Å². The number of aliphatic hydroxyl groups is 1. The lowest BCUT2D eigenvalue weighted by Crippen LogP contribution is -2.08. The highest BCUT2D eigenvalue weighted by Crippen LogP contribution is 2.30. The zero-order chi connectivity index (χ0) is 14.7. The molecule has 1 heterocycles. The Balaban J connectivity index is 2.28. The third-order valence-corrected chi connectivity index (χ3v) is 4.30. The number of aliphatic hydroxyl groups excluding tert-OH is 1. The molecule has 1 aromatic heterocycles. The molecule has 0 aliphatic rings. The molecule has 0 saturated carbocycles. The summed E-state index contributed by atoms with van der Waals surface area (Å²) >= 11 is 3.57. The van der Waals surface area contributed by atoms with Crippen molar-refractivity contribution in [1.82, 2.24) is 9.78 Å². The molecule has 1 unspecified atom stereocenters. The third-order valence-electron chi connectivity index (χ3n) is 3.39. The maximum atomic E-state index is 10.5. The lowest BCUT2D eigenvalue weighted by Gasteiger charge is -2.15. The number of aromatic nitrogens is 2. The van der Waals surface area contributed by atoms with Crippen LogP contribution in [0.1, 0.15) is 30.0 Å². The van der Waals surface area contributed by atoms with Crippen LogP contribution in [0.3, 0.4) is 0 Å². The maximum Gasteiger partial charge on any atom is 0.124 e. The van der Waals surface area contributed by atoms with Crippen molar-refractivity contribution in [2.75, 3.05) is 7.11 Å². The van der Waals surface area contributed by atoms with E-state index in [-0.39, 0.29) is 0 Å². The molecule has 108 valence electrons. The van der Waals surface area contributed by atoms with Gasteiger partial charge in [-0.3, -0.25) is 4.68 Å². The Hall–Kier alpha value is -1.33. The van der Waals surface area contributed by atoms with Crippen LogP contribution in [0.15, 0.2) is 28.7 Å². The van der Waals surface area contributed by atoms with Crippen molar-refractivity contribution >= 4 is 15.9 Å². The number of halogens is 1. The van der Waals surface area contributed by atoms with Gasteiger partial charge < -0.3 is 9.84 Å². The molecule has 0 spiro atoms. The van der Waals surface area contributed by atoms with Crippen LogP contribution in [0.2, 0.25) is 0 Å². The molecular formula is C15H19BrN2O2. The fourth-order valence-electron chi connectivity index (χ4n) is 2.28. The number of para-hydroxylation sites is 1. The Kier molecular flexibility index (Phi) is 4.83. The summed E-state index contributed by atoms with van der Waals surface area (Å²) in [6.07, 6.45) is 0.728. The number of benzene rings is 1. The molecule has 5 heteroatoms. The highest BCUT2D eigenvalue weighted by Gasteiger charge is 2.19. The Morgan fingerprint density at radius 1 is 1.40 bits per heavy atom. The second-order valence-electron chi connectivity index (χ2n) is 4.65. The Morgan fingerprint density at radius 2 is 2.10 bits per heavy atom. The van der Waals surface area contributed by atoms with Crippen LogP contribution in [0.25, 0.3) is 0 Å². The molecule has 0 aliphatic heterocycles. The smallest absolute Gasteiger partial charge is 0.124 e. The van der Waals surface area contributed by atoms with E-state index < -0.39 is 6.10 Å². The van der Waals surface area contributed by atoms with E-state index in [4.69, 9.17) is 4.74 Å². The van der Waals surface area contributed by atoms with E-state index in [0.717, 1.165) is 27.8 Å². The van der Waals surface area contributed by atoms with Crippen molar-refractivity contribution in [2.24, 2.45) is 7.05 Å². The van der Waals surface area contributed by atoms with Crippen molar-refractivity contribution in [3.63, 3.8) is 0 Å². The van der Waals surface area contributed by atoms with Gasteiger partial charge in [-0.1, -0.05) is 25.1 Å². The number of rotatable bonds is 5. The molecule has 2 rings (SSSR count). The second-order valence-corrected chi connectivity index (χ2v) is 5.44. The van der Waals surface area contributed by atoms with Crippen LogP contribution >= 0.6 is 15.9 Å². The second kappa shape index (κ2) is 6.41. The minimum absolute atomic E-state index is 0.491. The van der Waals surface area contributed by atoms with Gasteiger partial charge in [-0.05, 0) is 28.4 Å². The molecule has 20 heavy (non-hydrogen) atoms. The molecule has 0 aliphatic carbocycles. The van der Waals surface area contributed by atoms with Gasteiger partial charge in [0, 0.05) is 19.0 Å². The molecule has 1 N–H and O–H groups in total. The standard InChI is InChI=1S/C15H19BrN2O2/c1-4-11-15(16)12(18(2)17-11)9-13(19)10-7-5-6-8-14(10)20-3/h5-8,13,19H,4,9H2,1-3H3. The molecule has 2 aromatic rings. The quantitative estimate of drug-likeness (QED) is 0.911. The van der Waals surface area contributed by atoms with Crippen molar-refractivity contribution in [3.05, 3.63) is 45.7 Å². The molecule has 1 aromatic carbocycles. The van der Waals surface area contributed by atoms with Gasteiger partial charge in [0.1, 0.15) is 5.75 Å². The van der Waals surface area contributed by atoms with E-state index in [1.165, 1.54) is 0 Å². The fourth-order valence-corrected chi connectivity index (χ4v) is 3.05. The normalized spacial score (nSPS) is 12.4.